The number of hydroxylamine groups is 1. The van der Waals surface area contributed by atoms with Crippen molar-refractivity contribution in [2.24, 2.45) is 0 Å². The molecule has 0 heterocycles. The maximum absolute atomic E-state index is 10.5. The van der Waals surface area contributed by atoms with Crippen molar-refractivity contribution in [1.82, 2.24) is 5.48 Å². The number of hydrogen-bond acceptors (Lipinski definition) is 5. The molecule has 0 unspecified atom stereocenters. The first-order valence-electron chi connectivity index (χ1n) is 3.99. The second-order valence-corrected chi connectivity index (χ2v) is 2.32. The largest absolute Gasteiger partial charge is 0.460 e. The zero-order chi connectivity index (χ0) is 12.3. The number of carbonyl (C=O) groups is 2. The number of rotatable bonds is 4. The summed E-state index contributed by atoms with van der Waals surface area (Å²) in [5, 5.41) is 15.9. The maximum atomic E-state index is 10.5. The van der Waals surface area contributed by atoms with Crippen molar-refractivity contribution >= 4 is 11.9 Å². The maximum Gasteiger partial charge on any atom is 0.333 e. The molecule has 0 bridgehead atoms. The van der Waals surface area contributed by atoms with Gasteiger partial charge in [0.15, 0.2) is 0 Å². The van der Waals surface area contributed by atoms with Gasteiger partial charge in [0.1, 0.15) is 6.61 Å². The summed E-state index contributed by atoms with van der Waals surface area (Å²) in [5.41, 5.74) is 1.71. The molecule has 0 saturated heterocycles. The van der Waals surface area contributed by atoms with Crippen molar-refractivity contribution in [1.29, 1.82) is 0 Å². The van der Waals surface area contributed by atoms with Crippen LogP contribution in [0.15, 0.2) is 24.8 Å². The van der Waals surface area contributed by atoms with Crippen LogP contribution in [0.25, 0.3) is 0 Å². The molecule has 15 heavy (non-hydrogen) atoms. The summed E-state index contributed by atoms with van der Waals surface area (Å²) in [6.45, 7) is 7.87. The lowest BCUT2D eigenvalue weighted by molar-refractivity contribution is -0.139. The van der Waals surface area contributed by atoms with Gasteiger partial charge in [0.2, 0.25) is 0 Å². The molecule has 0 aromatic carbocycles. The molecule has 0 spiro atoms. The summed E-state index contributed by atoms with van der Waals surface area (Å²) in [5.74, 6) is -1.04. The average molecular weight is 217 g/mol. The molecule has 3 N–H and O–H groups in total. The Bertz CT molecular complexity index is 237. The van der Waals surface area contributed by atoms with Crippen LogP contribution in [0.2, 0.25) is 0 Å². The fourth-order valence-electron chi connectivity index (χ4n) is 0.307. The number of ether oxygens (including phenoxy) is 1. The predicted molar refractivity (Wildman–Crippen MR) is 53.0 cm³/mol. The van der Waals surface area contributed by atoms with E-state index in [2.05, 4.69) is 17.9 Å². The van der Waals surface area contributed by atoms with Crippen LogP contribution in [0.3, 0.4) is 0 Å². The summed E-state index contributed by atoms with van der Waals surface area (Å²) < 4.78 is 4.46. The van der Waals surface area contributed by atoms with E-state index in [0.29, 0.717) is 5.57 Å². The number of hydrogen-bond donors (Lipinski definition) is 3. The molecule has 86 valence electrons. The minimum absolute atomic E-state index is 0.0473. The Morgan fingerprint density at radius 3 is 2.27 bits per heavy atom. The summed E-state index contributed by atoms with van der Waals surface area (Å²) in [4.78, 5) is 20.2. The third-order valence-electron chi connectivity index (χ3n) is 0.968. The minimum atomic E-state index is -0.588. The highest BCUT2D eigenvalue weighted by Gasteiger charge is 1.99. The number of nitrogens with one attached hydrogen (secondary N) is 1. The van der Waals surface area contributed by atoms with Crippen LogP contribution in [0.5, 0.6) is 0 Å². The Morgan fingerprint density at radius 2 is 2.07 bits per heavy atom. The van der Waals surface area contributed by atoms with Crippen LogP contribution in [0.1, 0.15) is 6.92 Å². The van der Waals surface area contributed by atoms with Gasteiger partial charge in [0.25, 0.3) is 5.91 Å². The summed E-state index contributed by atoms with van der Waals surface area (Å²) in [7, 11) is 0. The Hall–Kier alpha value is -1.66. The molecule has 0 aliphatic carbocycles. The predicted octanol–water partition coefficient (Wildman–Crippen LogP) is -0.224. The van der Waals surface area contributed by atoms with E-state index in [4.69, 9.17) is 10.3 Å². The van der Waals surface area contributed by atoms with Gasteiger partial charge in [-0.05, 0) is 13.0 Å². The molecular formula is C9H15NO5. The molecule has 0 aliphatic heterocycles. The van der Waals surface area contributed by atoms with Crippen LogP contribution < -0.4 is 5.48 Å². The third-order valence-corrected chi connectivity index (χ3v) is 0.968. The van der Waals surface area contributed by atoms with Crippen LogP contribution in [-0.2, 0) is 14.3 Å². The van der Waals surface area contributed by atoms with E-state index in [1.54, 1.807) is 6.92 Å². The molecule has 0 rings (SSSR count). The number of aliphatic hydroxyl groups excluding tert-OH is 1. The highest BCUT2D eigenvalue weighted by atomic mass is 16.5. The van der Waals surface area contributed by atoms with Crippen molar-refractivity contribution in [2.75, 3.05) is 13.2 Å². The van der Waals surface area contributed by atoms with Gasteiger partial charge in [-0.3, -0.25) is 10.0 Å². The van der Waals surface area contributed by atoms with E-state index < -0.39 is 11.9 Å². The van der Waals surface area contributed by atoms with Gasteiger partial charge >= 0.3 is 5.97 Å². The lowest BCUT2D eigenvalue weighted by Crippen LogP contribution is -2.14. The number of amides is 1. The standard InChI is InChI=1S/C6H10O3.C3H5NO2/c1-5(2)6(8)9-4-3-7;1-2-3(5)4-6/h7H,1,3-4H2,2H3;2,6H,1H2,(H,4,5). The molecular weight excluding hydrogens is 202 g/mol. The number of carbonyl (C=O) groups excluding carboxylic acids is 2. The fraction of sp³-hybridized carbons (Fsp3) is 0.333. The Morgan fingerprint density at radius 1 is 1.53 bits per heavy atom. The van der Waals surface area contributed by atoms with Gasteiger partial charge < -0.3 is 9.84 Å². The average Bonchev–Trinajstić information content (AvgIpc) is 2.25. The zero-order valence-corrected chi connectivity index (χ0v) is 8.52. The highest BCUT2D eigenvalue weighted by molar-refractivity contribution is 5.86. The molecule has 0 aliphatic rings. The third kappa shape index (κ3) is 12.3. The minimum Gasteiger partial charge on any atom is -0.460 e. The molecule has 0 aromatic heterocycles. The van der Waals surface area contributed by atoms with Crippen LogP contribution >= 0.6 is 0 Å². The van der Waals surface area contributed by atoms with Crippen molar-refractivity contribution in [3.8, 4) is 0 Å². The quantitative estimate of drug-likeness (QED) is 0.262. The summed E-state index contributed by atoms with van der Waals surface area (Å²) in [6, 6.07) is 0. The van der Waals surface area contributed by atoms with Crippen molar-refractivity contribution in [2.45, 2.75) is 6.92 Å². The molecule has 0 atom stereocenters. The van der Waals surface area contributed by atoms with E-state index in [-0.39, 0.29) is 13.2 Å². The van der Waals surface area contributed by atoms with Gasteiger partial charge in [-0.15, -0.1) is 0 Å². The first-order valence-corrected chi connectivity index (χ1v) is 3.99. The summed E-state index contributed by atoms with van der Waals surface area (Å²) in [6.07, 6.45) is 0.972. The lowest BCUT2D eigenvalue weighted by atomic mass is 10.4. The monoisotopic (exact) mass is 217 g/mol. The van der Waals surface area contributed by atoms with Gasteiger partial charge in [-0.1, -0.05) is 13.2 Å². The zero-order valence-electron chi connectivity index (χ0n) is 8.52. The Balaban J connectivity index is 0. The fourth-order valence-corrected chi connectivity index (χ4v) is 0.307. The topological polar surface area (TPSA) is 95.9 Å². The van der Waals surface area contributed by atoms with E-state index in [1.807, 2.05) is 0 Å². The van der Waals surface area contributed by atoms with Crippen LogP contribution in [0, 0.1) is 0 Å². The summed E-state index contributed by atoms with van der Waals surface area (Å²) >= 11 is 0. The SMILES string of the molecule is C=C(C)C(=O)OCCO.C=CC(=O)NO. The Labute approximate surface area is 87.8 Å². The first kappa shape index (κ1) is 15.8. The molecule has 0 fully saturated rings. The molecule has 0 saturated carbocycles. The molecule has 1 amide bonds. The lowest BCUT2D eigenvalue weighted by Gasteiger charge is -1.99. The van der Waals surface area contributed by atoms with E-state index >= 15 is 0 Å². The second kappa shape index (κ2) is 10.4. The van der Waals surface area contributed by atoms with Gasteiger partial charge in [-0.2, -0.15) is 0 Å². The smallest absolute Gasteiger partial charge is 0.333 e. The van der Waals surface area contributed by atoms with E-state index in [0.717, 1.165) is 6.08 Å². The normalized spacial score (nSPS) is 7.93. The number of aliphatic hydroxyl groups is 1. The first-order chi connectivity index (χ1) is 6.99. The van der Waals surface area contributed by atoms with Crippen molar-refractivity contribution < 1.29 is 24.6 Å². The molecule has 0 radical (unpaired) electrons. The van der Waals surface area contributed by atoms with Crippen LogP contribution in [-0.4, -0.2) is 35.4 Å². The van der Waals surface area contributed by atoms with Crippen molar-refractivity contribution in [3.63, 3.8) is 0 Å². The number of esters is 1. The van der Waals surface area contributed by atoms with Crippen molar-refractivity contribution in [3.05, 3.63) is 24.8 Å². The van der Waals surface area contributed by atoms with Crippen LogP contribution in [0.4, 0.5) is 0 Å². The van der Waals surface area contributed by atoms with E-state index in [9.17, 15) is 9.59 Å². The highest BCUT2D eigenvalue weighted by Crippen LogP contribution is 1.89. The van der Waals surface area contributed by atoms with Gasteiger partial charge in [-0.25, -0.2) is 10.3 Å². The Kier molecular flexibility index (Phi) is 11.0. The molecule has 0 aromatic rings. The molecule has 6 heteroatoms. The second-order valence-electron chi connectivity index (χ2n) is 2.32. The van der Waals surface area contributed by atoms with Gasteiger partial charge in [0, 0.05) is 5.57 Å². The molecule has 6 nitrogen and oxygen atoms in total. The van der Waals surface area contributed by atoms with E-state index in [1.165, 1.54) is 5.48 Å². The van der Waals surface area contributed by atoms with Gasteiger partial charge in [0.05, 0.1) is 6.61 Å².